The summed E-state index contributed by atoms with van der Waals surface area (Å²) in [6.07, 6.45) is 1.13. The van der Waals surface area contributed by atoms with Gasteiger partial charge >= 0.3 is 0 Å². The number of para-hydroxylation sites is 1. The Bertz CT molecular complexity index is 295. The average Bonchev–Trinajstić information content (AvgIpc) is 2.30. The molecule has 1 saturated heterocycles. The Hall–Kier alpha value is -0.730. The maximum absolute atomic E-state index is 3.38. The molecule has 1 N–H and O–H groups in total. The number of nitrogens with one attached hydrogen (secondary N) is 1. The lowest BCUT2D eigenvalue weighted by atomic mass is 10.1. The molecule has 0 radical (unpaired) electrons. The van der Waals surface area contributed by atoms with Crippen molar-refractivity contribution in [2.45, 2.75) is 13.3 Å². The number of rotatable bonds is 2. The molecule has 0 aliphatic carbocycles. The summed E-state index contributed by atoms with van der Waals surface area (Å²) in [5.74, 6) is 0. The number of nitrogens with zero attached hydrogens (tertiary/aromatic N) is 1. The summed E-state index contributed by atoms with van der Waals surface area (Å²) >= 11 is 0. The Kier molecular flexibility index (Phi) is 4.92. The van der Waals surface area contributed by atoms with E-state index in [1.807, 2.05) is 0 Å². The molecule has 3 heteroatoms. The maximum Gasteiger partial charge on any atom is 0.0399 e. The van der Waals surface area contributed by atoms with Gasteiger partial charge in [0.1, 0.15) is 0 Å². The Labute approximate surface area is 98.1 Å². The molecular formula is C12H19ClN2. The molecule has 0 amide bonds. The van der Waals surface area contributed by atoms with E-state index in [1.54, 1.807) is 0 Å². The molecule has 15 heavy (non-hydrogen) atoms. The van der Waals surface area contributed by atoms with Gasteiger partial charge in [-0.2, -0.15) is 0 Å². The highest BCUT2D eigenvalue weighted by molar-refractivity contribution is 5.85. The number of benzene rings is 1. The quantitative estimate of drug-likeness (QED) is 0.831. The Balaban J connectivity index is 0.00000112. The smallest absolute Gasteiger partial charge is 0.0399 e. The first-order valence-corrected chi connectivity index (χ1v) is 5.45. The van der Waals surface area contributed by atoms with Crippen LogP contribution in [-0.2, 0) is 6.42 Å². The van der Waals surface area contributed by atoms with Gasteiger partial charge in [0.05, 0.1) is 0 Å². The fourth-order valence-electron chi connectivity index (χ4n) is 2.02. The first kappa shape index (κ1) is 12.3. The Morgan fingerprint density at radius 3 is 2.53 bits per heavy atom. The monoisotopic (exact) mass is 226 g/mol. The second-order valence-electron chi connectivity index (χ2n) is 3.72. The normalized spacial score (nSPS) is 15.9. The number of piperazine rings is 1. The van der Waals surface area contributed by atoms with Crippen LogP contribution in [0.5, 0.6) is 0 Å². The van der Waals surface area contributed by atoms with Crippen LogP contribution < -0.4 is 10.2 Å². The van der Waals surface area contributed by atoms with Gasteiger partial charge in [0, 0.05) is 31.9 Å². The summed E-state index contributed by atoms with van der Waals surface area (Å²) in [7, 11) is 0. The lowest BCUT2D eigenvalue weighted by Crippen LogP contribution is -2.43. The van der Waals surface area contributed by atoms with Crippen LogP contribution in [-0.4, -0.2) is 26.2 Å². The number of hydrogen-bond donors (Lipinski definition) is 1. The molecular weight excluding hydrogens is 208 g/mol. The van der Waals surface area contributed by atoms with Crippen LogP contribution >= 0.6 is 12.4 Å². The van der Waals surface area contributed by atoms with E-state index in [0.29, 0.717) is 0 Å². The summed E-state index contributed by atoms with van der Waals surface area (Å²) < 4.78 is 0. The molecule has 1 aliphatic rings. The van der Waals surface area contributed by atoms with Crippen molar-refractivity contribution in [2.24, 2.45) is 0 Å². The number of hydrogen-bond acceptors (Lipinski definition) is 2. The third-order valence-electron chi connectivity index (χ3n) is 2.83. The lowest BCUT2D eigenvalue weighted by molar-refractivity contribution is 0.588. The van der Waals surface area contributed by atoms with Crippen molar-refractivity contribution in [2.75, 3.05) is 31.1 Å². The molecule has 1 aromatic rings. The zero-order valence-electron chi connectivity index (χ0n) is 9.20. The highest BCUT2D eigenvalue weighted by atomic mass is 35.5. The highest BCUT2D eigenvalue weighted by Gasteiger charge is 2.12. The first-order valence-electron chi connectivity index (χ1n) is 5.45. The molecule has 0 spiro atoms. The van der Waals surface area contributed by atoms with Gasteiger partial charge in [-0.25, -0.2) is 0 Å². The van der Waals surface area contributed by atoms with Crippen LogP contribution in [0, 0.1) is 0 Å². The van der Waals surface area contributed by atoms with E-state index >= 15 is 0 Å². The minimum atomic E-state index is 0. The molecule has 1 aliphatic heterocycles. The van der Waals surface area contributed by atoms with Crippen LogP contribution in [0.2, 0.25) is 0 Å². The SMILES string of the molecule is CCc1ccccc1N1CCNCC1.Cl. The van der Waals surface area contributed by atoms with Crippen molar-refractivity contribution in [1.29, 1.82) is 0 Å². The van der Waals surface area contributed by atoms with Gasteiger partial charge in [-0.3, -0.25) is 0 Å². The summed E-state index contributed by atoms with van der Waals surface area (Å²) in [6.45, 7) is 6.71. The molecule has 84 valence electrons. The summed E-state index contributed by atoms with van der Waals surface area (Å²) in [6, 6.07) is 8.74. The van der Waals surface area contributed by atoms with E-state index < -0.39 is 0 Å². The molecule has 1 fully saturated rings. The molecule has 0 bridgehead atoms. The highest BCUT2D eigenvalue weighted by Crippen LogP contribution is 2.20. The van der Waals surface area contributed by atoms with Gasteiger partial charge in [-0.15, -0.1) is 12.4 Å². The van der Waals surface area contributed by atoms with E-state index in [2.05, 4.69) is 41.4 Å². The van der Waals surface area contributed by atoms with E-state index in [4.69, 9.17) is 0 Å². The van der Waals surface area contributed by atoms with E-state index in [9.17, 15) is 0 Å². The maximum atomic E-state index is 3.38. The van der Waals surface area contributed by atoms with Crippen LogP contribution in [0.4, 0.5) is 5.69 Å². The van der Waals surface area contributed by atoms with Gasteiger partial charge in [0.2, 0.25) is 0 Å². The van der Waals surface area contributed by atoms with Gasteiger partial charge in [0.25, 0.3) is 0 Å². The van der Waals surface area contributed by atoms with Gasteiger partial charge < -0.3 is 10.2 Å². The predicted molar refractivity (Wildman–Crippen MR) is 68.2 cm³/mol. The van der Waals surface area contributed by atoms with E-state index in [1.165, 1.54) is 11.3 Å². The Morgan fingerprint density at radius 2 is 1.87 bits per heavy atom. The van der Waals surface area contributed by atoms with Crippen LogP contribution in [0.3, 0.4) is 0 Å². The molecule has 0 saturated carbocycles. The second kappa shape index (κ2) is 5.99. The largest absolute Gasteiger partial charge is 0.369 e. The fraction of sp³-hybridized carbons (Fsp3) is 0.500. The third-order valence-corrected chi connectivity index (χ3v) is 2.83. The van der Waals surface area contributed by atoms with Crippen molar-refractivity contribution < 1.29 is 0 Å². The van der Waals surface area contributed by atoms with Crippen molar-refractivity contribution in [3.63, 3.8) is 0 Å². The number of halogens is 1. The van der Waals surface area contributed by atoms with Gasteiger partial charge in [-0.1, -0.05) is 25.1 Å². The summed E-state index contributed by atoms with van der Waals surface area (Å²) in [5.41, 5.74) is 2.89. The van der Waals surface area contributed by atoms with Gasteiger partial charge in [-0.05, 0) is 18.1 Å². The molecule has 2 nitrogen and oxygen atoms in total. The standard InChI is InChI=1S/C12H18N2.ClH/c1-2-11-5-3-4-6-12(11)14-9-7-13-8-10-14;/h3-6,13H,2,7-10H2,1H3;1H. The molecule has 2 rings (SSSR count). The first-order chi connectivity index (χ1) is 6.92. The van der Waals surface area contributed by atoms with Crippen molar-refractivity contribution in [3.05, 3.63) is 29.8 Å². The average molecular weight is 227 g/mol. The zero-order chi connectivity index (χ0) is 9.80. The second-order valence-corrected chi connectivity index (χ2v) is 3.72. The molecule has 0 unspecified atom stereocenters. The fourth-order valence-corrected chi connectivity index (χ4v) is 2.02. The van der Waals surface area contributed by atoms with Crippen LogP contribution in [0.1, 0.15) is 12.5 Å². The van der Waals surface area contributed by atoms with Crippen molar-refractivity contribution in [3.8, 4) is 0 Å². The number of aryl methyl sites for hydroxylation is 1. The Morgan fingerprint density at radius 1 is 1.20 bits per heavy atom. The lowest BCUT2D eigenvalue weighted by Gasteiger charge is -2.31. The molecule has 1 aromatic carbocycles. The molecule has 1 heterocycles. The molecule has 0 atom stereocenters. The summed E-state index contributed by atoms with van der Waals surface area (Å²) in [5, 5.41) is 3.38. The topological polar surface area (TPSA) is 15.3 Å². The summed E-state index contributed by atoms with van der Waals surface area (Å²) in [4.78, 5) is 2.48. The molecule has 0 aromatic heterocycles. The van der Waals surface area contributed by atoms with Crippen molar-refractivity contribution in [1.82, 2.24) is 5.32 Å². The number of anilines is 1. The minimum Gasteiger partial charge on any atom is -0.369 e. The zero-order valence-corrected chi connectivity index (χ0v) is 10.0. The van der Waals surface area contributed by atoms with E-state index in [-0.39, 0.29) is 12.4 Å². The third kappa shape index (κ3) is 2.86. The van der Waals surface area contributed by atoms with Crippen LogP contribution in [0.25, 0.3) is 0 Å². The predicted octanol–water partition coefficient (Wildman–Crippen LogP) is 2.08. The van der Waals surface area contributed by atoms with Crippen molar-refractivity contribution >= 4 is 18.1 Å². The minimum absolute atomic E-state index is 0. The van der Waals surface area contributed by atoms with Crippen LogP contribution in [0.15, 0.2) is 24.3 Å². The van der Waals surface area contributed by atoms with E-state index in [0.717, 1.165) is 32.6 Å². The van der Waals surface area contributed by atoms with Gasteiger partial charge in [0.15, 0.2) is 0 Å².